The molecule has 2 amide bonds. The number of methoxy groups -OCH3 is 1. The van der Waals surface area contributed by atoms with Crippen molar-refractivity contribution in [2.45, 2.75) is 6.04 Å². The molecule has 1 aliphatic heterocycles. The third-order valence-corrected chi connectivity index (χ3v) is 6.79. The molecular formula is C30H34N6O6. The van der Waals surface area contributed by atoms with E-state index in [9.17, 15) is 14.4 Å². The third kappa shape index (κ3) is 7.68. The number of nitrogens with one attached hydrogen (secondary N) is 3. The van der Waals surface area contributed by atoms with Crippen LogP contribution in [0.15, 0.2) is 72.8 Å². The van der Waals surface area contributed by atoms with Crippen LogP contribution in [-0.2, 0) is 14.4 Å². The van der Waals surface area contributed by atoms with Crippen LogP contribution in [-0.4, -0.2) is 80.1 Å². The normalized spacial score (nSPS) is 13.5. The van der Waals surface area contributed by atoms with E-state index in [1.54, 1.807) is 60.5 Å². The third-order valence-electron chi connectivity index (χ3n) is 6.79. The highest BCUT2D eigenvalue weighted by atomic mass is 16.5. The van der Waals surface area contributed by atoms with Gasteiger partial charge in [0.15, 0.2) is 6.61 Å². The van der Waals surface area contributed by atoms with Gasteiger partial charge in [0.05, 0.1) is 19.3 Å². The van der Waals surface area contributed by atoms with E-state index < -0.39 is 24.5 Å². The Labute approximate surface area is 243 Å². The molecule has 0 aliphatic carbocycles. The van der Waals surface area contributed by atoms with E-state index >= 15 is 0 Å². The first-order valence-electron chi connectivity index (χ1n) is 13.3. The highest BCUT2D eigenvalue weighted by molar-refractivity contribution is 5.96. The number of carboxylic acids is 1. The summed E-state index contributed by atoms with van der Waals surface area (Å²) in [7, 11) is 1.63. The molecule has 1 saturated heterocycles. The molecule has 0 radical (unpaired) electrons. The topological polar surface area (TPSA) is 170 Å². The molecule has 1 atom stereocenters. The molecule has 0 aromatic heterocycles. The largest absolute Gasteiger partial charge is 0.495 e. The van der Waals surface area contributed by atoms with Gasteiger partial charge >= 0.3 is 5.97 Å². The quantitative estimate of drug-likeness (QED) is 0.160. The molecule has 12 nitrogen and oxygen atoms in total. The fourth-order valence-corrected chi connectivity index (χ4v) is 4.61. The molecule has 3 aromatic carbocycles. The van der Waals surface area contributed by atoms with Gasteiger partial charge in [0.1, 0.15) is 23.4 Å². The lowest BCUT2D eigenvalue weighted by molar-refractivity contribution is -0.139. The van der Waals surface area contributed by atoms with Gasteiger partial charge in [-0.1, -0.05) is 36.4 Å². The second kappa shape index (κ2) is 13.9. The summed E-state index contributed by atoms with van der Waals surface area (Å²) in [4.78, 5) is 41.1. The maximum atomic E-state index is 13.4. The van der Waals surface area contributed by atoms with Gasteiger partial charge in [-0.15, -0.1) is 0 Å². The summed E-state index contributed by atoms with van der Waals surface area (Å²) in [5, 5.41) is 22.5. The van der Waals surface area contributed by atoms with Crippen LogP contribution >= 0.6 is 0 Å². The molecule has 1 fully saturated rings. The van der Waals surface area contributed by atoms with Crippen LogP contribution in [0, 0.1) is 5.41 Å². The molecule has 6 N–H and O–H groups in total. The Morgan fingerprint density at radius 3 is 2.38 bits per heavy atom. The molecule has 4 rings (SSSR count). The minimum Gasteiger partial charge on any atom is -0.495 e. The number of nitrogens with two attached hydrogens (primary N) is 1. The molecule has 1 unspecified atom stereocenters. The van der Waals surface area contributed by atoms with Gasteiger partial charge in [0.2, 0.25) is 11.8 Å². The number of aliphatic carboxylic acids is 1. The van der Waals surface area contributed by atoms with Gasteiger partial charge < -0.3 is 40.7 Å². The molecule has 1 heterocycles. The van der Waals surface area contributed by atoms with Crippen LogP contribution < -0.4 is 30.7 Å². The highest BCUT2D eigenvalue weighted by Gasteiger charge is 2.25. The van der Waals surface area contributed by atoms with Crippen molar-refractivity contribution in [3.63, 3.8) is 0 Å². The highest BCUT2D eigenvalue weighted by Crippen LogP contribution is 2.28. The number of amidine groups is 1. The van der Waals surface area contributed by atoms with Crippen LogP contribution in [0.25, 0.3) is 0 Å². The summed E-state index contributed by atoms with van der Waals surface area (Å²) in [5.74, 6) is -0.744. The van der Waals surface area contributed by atoms with Gasteiger partial charge in [0, 0.05) is 37.4 Å². The molecule has 42 heavy (non-hydrogen) atoms. The molecule has 0 spiro atoms. The standard InChI is InChI=1S/C30H34N6O6/c1-41-25-8-3-2-7-24(25)35-13-15-36(16-14-35)26(37)18-33-30(40)28(34-22-6-4-5-21(17-22)29(31)32)20-9-11-23(12-10-20)42-19-27(38)39/h2-12,17,28,34H,13-16,18-19H2,1H3,(H3,31,32)(H,33,40)(H,38,39). The molecule has 12 heteroatoms. The van der Waals surface area contributed by atoms with Crippen molar-refractivity contribution in [1.29, 1.82) is 5.41 Å². The Morgan fingerprint density at radius 2 is 1.71 bits per heavy atom. The number of piperazine rings is 1. The summed E-state index contributed by atoms with van der Waals surface area (Å²) in [6, 6.07) is 20.0. The van der Waals surface area contributed by atoms with Gasteiger partial charge in [-0.05, 0) is 42.0 Å². The SMILES string of the molecule is COc1ccccc1N1CCN(C(=O)CNC(=O)C(Nc2cccc(C(=N)N)c2)c2ccc(OCC(=O)O)cc2)CC1. The fourth-order valence-electron chi connectivity index (χ4n) is 4.61. The summed E-state index contributed by atoms with van der Waals surface area (Å²) in [5.41, 5.74) is 8.19. The number of ether oxygens (including phenoxy) is 2. The Bertz CT molecular complexity index is 1420. The van der Waals surface area contributed by atoms with Gasteiger partial charge in [-0.3, -0.25) is 15.0 Å². The van der Waals surface area contributed by atoms with Gasteiger partial charge in [-0.25, -0.2) is 4.79 Å². The Kier molecular flexibility index (Phi) is 9.82. The number of carbonyl (C=O) groups excluding carboxylic acids is 2. The average molecular weight is 575 g/mol. The maximum absolute atomic E-state index is 13.4. The molecule has 0 bridgehead atoms. The molecular weight excluding hydrogens is 540 g/mol. The number of nitrogen functional groups attached to an aromatic ring is 1. The van der Waals surface area contributed by atoms with E-state index in [0.29, 0.717) is 48.7 Å². The Balaban J connectivity index is 1.41. The van der Waals surface area contributed by atoms with Crippen molar-refractivity contribution < 1.29 is 29.0 Å². The predicted octanol–water partition coefficient (Wildman–Crippen LogP) is 2.06. The number of hydrogen-bond donors (Lipinski definition) is 5. The van der Waals surface area contributed by atoms with Crippen molar-refractivity contribution in [3.8, 4) is 11.5 Å². The van der Waals surface area contributed by atoms with E-state index in [1.165, 1.54) is 0 Å². The summed E-state index contributed by atoms with van der Waals surface area (Å²) < 4.78 is 10.7. The number of rotatable bonds is 12. The molecule has 3 aromatic rings. The fraction of sp³-hybridized carbons (Fsp3) is 0.267. The minimum absolute atomic E-state index is 0.115. The Morgan fingerprint density at radius 1 is 1.00 bits per heavy atom. The number of benzene rings is 3. The zero-order valence-corrected chi connectivity index (χ0v) is 23.2. The summed E-state index contributed by atoms with van der Waals surface area (Å²) in [6.45, 7) is 1.60. The van der Waals surface area contributed by atoms with E-state index in [0.717, 1.165) is 11.4 Å². The number of carbonyl (C=O) groups is 3. The first-order chi connectivity index (χ1) is 20.2. The number of carboxylic acid groups (broad SMARTS) is 1. The lowest BCUT2D eigenvalue weighted by Crippen LogP contribution is -2.51. The maximum Gasteiger partial charge on any atom is 0.341 e. The average Bonchev–Trinajstić information content (AvgIpc) is 3.01. The van der Waals surface area contributed by atoms with Gasteiger partial charge in [0.25, 0.3) is 0 Å². The molecule has 220 valence electrons. The number of amides is 2. The van der Waals surface area contributed by atoms with E-state index in [2.05, 4.69) is 15.5 Å². The van der Waals surface area contributed by atoms with Crippen LogP contribution in [0.4, 0.5) is 11.4 Å². The summed E-state index contributed by atoms with van der Waals surface area (Å²) >= 11 is 0. The predicted molar refractivity (Wildman–Crippen MR) is 158 cm³/mol. The van der Waals surface area contributed by atoms with Crippen LogP contribution in [0.2, 0.25) is 0 Å². The first kappa shape index (κ1) is 29.7. The van der Waals surface area contributed by atoms with E-state index in [-0.39, 0.29) is 18.3 Å². The van der Waals surface area contributed by atoms with Crippen molar-refractivity contribution in [3.05, 3.63) is 83.9 Å². The summed E-state index contributed by atoms with van der Waals surface area (Å²) in [6.07, 6.45) is 0. The van der Waals surface area contributed by atoms with Crippen LogP contribution in [0.1, 0.15) is 17.2 Å². The second-order valence-corrected chi connectivity index (χ2v) is 9.58. The van der Waals surface area contributed by atoms with E-state index in [1.807, 2.05) is 24.3 Å². The van der Waals surface area contributed by atoms with Crippen LogP contribution in [0.5, 0.6) is 11.5 Å². The lowest BCUT2D eigenvalue weighted by Gasteiger charge is -2.36. The zero-order chi connectivity index (χ0) is 30.1. The minimum atomic E-state index is -1.10. The van der Waals surface area contributed by atoms with Gasteiger partial charge in [-0.2, -0.15) is 0 Å². The molecule has 1 aliphatic rings. The number of hydrogen-bond acceptors (Lipinski definition) is 8. The smallest absolute Gasteiger partial charge is 0.341 e. The lowest BCUT2D eigenvalue weighted by atomic mass is 10.0. The molecule has 0 saturated carbocycles. The first-order valence-corrected chi connectivity index (χ1v) is 13.3. The monoisotopic (exact) mass is 574 g/mol. The van der Waals surface area contributed by atoms with Crippen molar-refractivity contribution in [1.82, 2.24) is 10.2 Å². The zero-order valence-electron chi connectivity index (χ0n) is 23.2. The van der Waals surface area contributed by atoms with E-state index in [4.69, 9.17) is 25.7 Å². The van der Waals surface area contributed by atoms with Crippen molar-refractivity contribution in [2.75, 3.05) is 56.7 Å². The number of para-hydroxylation sites is 2. The number of anilines is 2. The van der Waals surface area contributed by atoms with Crippen molar-refractivity contribution >= 4 is 35.0 Å². The van der Waals surface area contributed by atoms with Crippen molar-refractivity contribution in [2.24, 2.45) is 5.73 Å². The number of nitrogens with zero attached hydrogens (tertiary/aromatic N) is 2. The Hall–Kier alpha value is -5.26. The second-order valence-electron chi connectivity index (χ2n) is 9.58. The van der Waals surface area contributed by atoms with Crippen LogP contribution in [0.3, 0.4) is 0 Å².